The first kappa shape index (κ1) is 14.3. The van der Waals surface area contributed by atoms with E-state index in [-0.39, 0.29) is 0 Å². The number of hydrogen-bond acceptors (Lipinski definition) is 5. The summed E-state index contributed by atoms with van der Waals surface area (Å²) < 4.78 is 33.9. The monoisotopic (exact) mass is 310 g/mol. The molecular weight excluding hydrogens is 292 g/mol. The van der Waals surface area contributed by atoms with E-state index in [0.29, 0.717) is 41.5 Å². The first-order valence-corrected chi connectivity index (χ1v) is 8.39. The number of nitrogens with one attached hydrogen (secondary N) is 1. The van der Waals surface area contributed by atoms with Gasteiger partial charge in [-0.05, 0) is 31.7 Å². The molecule has 0 spiro atoms. The van der Waals surface area contributed by atoms with E-state index in [1.54, 1.807) is 13.0 Å². The predicted octanol–water partition coefficient (Wildman–Crippen LogP) is 1.92. The van der Waals surface area contributed by atoms with Crippen LogP contribution in [0.3, 0.4) is 0 Å². The van der Waals surface area contributed by atoms with E-state index in [2.05, 4.69) is 21.8 Å². The van der Waals surface area contributed by atoms with Gasteiger partial charge in [0.15, 0.2) is 0 Å². The van der Waals surface area contributed by atoms with Crippen LogP contribution in [-0.4, -0.2) is 36.0 Å². The molecule has 3 heterocycles. The van der Waals surface area contributed by atoms with Gasteiger partial charge in [-0.2, -0.15) is 12.7 Å². The second-order valence-electron chi connectivity index (χ2n) is 5.56. The van der Waals surface area contributed by atoms with Gasteiger partial charge < -0.3 is 4.52 Å². The molecule has 0 aliphatic carbocycles. The highest BCUT2D eigenvalue weighted by molar-refractivity contribution is 7.90. The van der Waals surface area contributed by atoms with Gasteiger partial charge in [0.25, 0.3) is 5.71 Å². The van der Waals surface area contributed by atoms with E-state index in [9.17, 15) is 8.42 Å². The Morgan fingerprint density at radius 1 is 1.48 bits per heavy atom. The van der Waals surface area contributed by atoms with Crippen molar-refractivity contribution in [1.29, 1.82) is 0 Å². The van der Waals surface area contributed by atoms with Crippen LogP contribution in [-0.2, 0) is 10.2 Å². The minimum absolute atomic E-state index is 0.385. The minimum atomic E-state index is -3.54. The van der Waals surface area contributed by atoms with Crippen LogP contribution in [0.4, 0.5) is 5.69 Å². The summed E-state index contributed by atoms with van der Waals surface area (Å²) in [7, 11) is -3.54. The van der Waals surface area contributed by atoms with E-state index >= 15 is 0 Å². The lowest BCUT2D eigenvalue weighted by atomic mass is 10.0. The van der Waals surface area contributed by atoms with Crippen molar-refractivity contribution in [1.82, 2.24) is 14.4 Å². The largest absolute Gasteiger partial charge is 0.336 e. The van der Waals surface area contributed by atoms with Gasteiger partial charge in [-0.3, -0.25) is 4.72 Å². The highest BCUT2D eigenvalue weighted by Crippen LogP contribution is 2.23. The van der Waals surface area contributed by atoms with Crippen LogP contribution in [0.25, 0.3) is 11.1 Å². The highest BCUT2D eigenvalue weighted by Gasteiger charge is 2.27. The smallest absolute Gasteiger partial charge is 0.301 e. The van der Waals surface area contributed by atoms with Crippen LogP contribution in [0.2, 0.25) is 0 Å². The molecule has 8 heteroatoms. The fourth-order valence-corrected chi connectivity index (χ4v) is 3.94. The Hall–Kier alpha value is -1.67. The van der Waals surface area contributed by atoms with Crippen molar-refractivity contribution in [3.8, 4) is 0 Å². The number of aromatic nitrogens is 2. The van der Waals surface area contributed by atoms with Crippen LogP contribution in [0.15, 0.2) is 16.8 Å². The third-order valence-corrected chi connectivity index (χ3v) is 5.22. The third-order valence-electron chi connectivity index (χ3n) is 3.72. The maximum Gasteiger partial charge on any atom is 0.301 e. The van der Waals surface area contributed by atoms with Gasteiger partial charge >= 0.3 is 10.2 Å². The second-order valence-corrected chi connectivity index (χ2v) is 7.23. The van der Waals surface area contributed by atoms with Crippen molar-refractivity contribution in [3.63, 3.8) is 0 Å². The number of aryl methyl sites for hydroxylation is 1. The summed E-state index contributed by atoms with van der Waals surface area (Å²) in [6, 6.07) is 1.69. The molecule has 0 radical (unpaired) electrons. The molecule has 0 unspecified atom stereocenters. The molecule has 1 saturated heterocycles. The molecule has 2 aromatic rings. The fraction of sp³-hybridized carbons (Fsp3) is 0.538. The van der Waals surface area contributed by atoms with Crippen molar-refractivity contribution in [2.75, 3.05) is 17.8 Å². The van der Waals surface area contributed by atoms with Crippen molar-refractivity contribution < 1.29 is 12.9 Å². The Labute approximate surface area is 123 Å². The van der Waals surface area contributed by atoms with E-state index in [1.165, 1.54) is 10.5 Å². The number of piperidine rings is 1. The van der Waals surface area contributed by atoms with Gasteiger partial charge in [0.05, 0.1) is 23.0 Å². The van der Waals surface area contributed by atoms with Crippen LogP contribution < -0.4 is 4.72 Å². The lowest BCUT2D eigenvalue weighted by Crippen LogP contribution is -2.42. The summed E-state index contributed by atoms with van der Waals surface area (Å²) in [6.45, 7) is 4.97. The summed E-state index contributed by atoms with van der Waals surface area (Å²) >= 11 is 0. The van der Waals surface area contributed by atoms with Crippen molar-refractivity contribution in [2.45, 2.75) is 26.7 Å². The van der Waals surface area contributed by atoms with Gasteiger partial charge in [-0.15, -0.1) is 0 Å². The first-order valence-electron chi connectivity index (χ1n) is 6.95. The summed E-state index contributed by atoms with van der Waals surface area (Å²) in [5.74, 6) is 0.385. The molecular formula is C13H18N4O3S. The van der Waals surface area contributed by atoms with Crippen LogP contribution in [0.1, 0.15) is 25.5 Å². The normalized spacial score (nSPS) is 20.8. The molecule has 1 aliphatic rings. The molecule has 21 heavy (non-hydrogen) atoms. The lowest BCUT2D eigenvalue weighted by molar-refractivity contribution is 0.282. The summed E-state index contributed by atoms with van der Waals surface area (Å²) in [5, 5.41) is 4.52. The molecule has 0 aromatic carbocycles. The Kier molecular flexibility index (Phi) is 3.58. The number of nitrogens with zero attached hydrogens (tertiary/aromatic N) is 3. The molecule has 0 amide bonds. The maximum absolute atomic E-state index is 12.4. The average Bonchev–Trinajstić information content (AvgIpc) is 2.80. The van der Waals surface area contributed by atoms with Crippen molar-refractivity contribution in [3.05, 3.63) is 18.0 Å². The van der Waals surface area contributed by atoms with Crippen LogP contribution in [0.5, 0.6) is 0 Å². The Morgan fingerprint density at radius 2 is 2.29 bits per heavy atom. The Balaban J connectivity index is 1.84. The van der Waals surface area contributed by atoms with Gasteiger partial charge in [-0.25, -0.2) is 4.98 Å². The van der Waals surface area contributed by atoms with Crippen molar-refractivity contribution >= 4 is 27.0 Å². The number of pyridine rings is 1. The molecule has 0 saturated carbocycles. The Bertz CT molecular complexity index is 756. The molecule has 1 aliphatic heterocycles. The van der Waals surface area contributed by atoms with Gasteiger partial charge in [0, 0.05) is 13.1 Å². The topological polar surface area (TPSA) is 88.3 Å². The van der Waals surface area contributed by atoms with E-state index in [0.717, 1.165) is 12.8 Å². The van der Waals surface area contributed by atoms with Crippen molar-refractivity contribution in [2.24, 2.45) is 5.92 Å². The number of anilines is 1. The Morgan fingerprint density at radius 3 is 3.05 bits per heavy atom. The third kappa shape index (κ3) is 2.86. The van der Waals surface area contributed by atoms with Gasteiger partial charge in [0.2, 0.25) is 0 Å². The standard InChI is InChI=1S/C13H18N4O3S/c1-9-4-3-5-17(8-9)21(18,19)16-11-6-12-10(2)15-20-13(12)14-7-11/h6-7,9,16H,3-5,8H2,1-2H3/t9-/m1/s1. The molecule has 114 valence electrons. The van der Waals surface area contributed by atoms with Crippen LogP contribution in [0, 0.1) is 12.8 Å². The number of hydrogen-bond donors (Lipinski definition) is 1. The summed E-state index contributed by atoms with van der Waals surface area (Å²) in [6.07, 6.45) is 3.40. The van der Waals surface area contributed by atoms with E-state index < -0.39 is 10.2 Å². The maximum atomic E-state index is 12.4. The SMILES string of the molecule is Cc1noc2ncc(NS(=O)(=O)N3CCC[C@@H](C)C3)cc12. The predicted molar refractivity (Wildman–Crippen MR) is 79.1 cm³/mol. The molecule has 3 rings (SSSR count). The lowest BCUT2D eigenvalue weighted by Gasteiger charge is -2.30. The van der Waals surface area contributed by atoms with Gasteiger partial charge in [0.1, 0.15) is 0 Å². The zero-order valence-corrected chi connectivity index (χ0v) is 12.9. The number of fused-ring (bicyclic) bond motifs is 1. The first-order chi connectivity index (χ1) is 9.95. The second kappa shape index (κ2) is 5.27. The van der Waals surface area contributed by atoms with Crippen LogP contribution >= 0.6 is 0 Å². The van der Waals surface area contributed by atoms with E-state index in [1.807, 2.05) is 0 Å². The molecule has 7 nitrogen and oxygen atoms in total. The quantitative estimate of drug-likeness (QED) is 0.935. The zero-order valence-electron chi connectivity index (χ0n) is 12.0. The highest BCUT2D eigenvalue weighted by atomic mass is 32.2. The molecule has 1 N–H and O–H groups in total. The number of rotatable bonds is 3. The average molecular weight is 310 g/mol. The fourth-order valence-electron chi connectivity index (χ4n) is 2.58. The minimum Gasteiger partial charge on any atom is -0.336 e. The molecule has 1 atom stereocenters. The van der Waals surface area contributed by atoms with Gasteiger partial charge in [-0.1, -0.05) is 12.1 Å². The molecule has 2 aromatic heterocycles. The molecule has 0 bridgehead atoms. The molecule has 1 fully saturated rings. The summed E-state index contributed by atoms with van der Waals surface area (Å²) in [5.41, 5.74) is 1.51. The summed E-state index contributed by atoms with van der Waals surface area (Å²) in [4.78, 5) is 4.07. The zero-order chi connectivity index (χ0) is 15.0. The van der Waals surface area contributed by atoms with E-state index in [4.69, 9.17) is 4.52 Å².